The highest BCUT2D eigenvalue weighted by Gasteiger charge is 2.17. The number of aryl methyl sites for hydroxylation is 2. The molecule has 0 fully saturated rings. The van der Waals surface area contributed by atoms with Gasteiger partial charge in [0.1, 0.15) is 0 Å². The molecule has 1 amide bonds. The number of para-hydroxylation sites is 1. The molecule has 1 unspecified atom stereocenters. The van der Waals surface area contributed by atoms with Crippen LogP contribution in [-0.4, -0.2) is 34.3 Å². The Kier molecular flexibility index (Phi) is 7.67. The van der Waals surface area contributed by atoms with Gasteiger partial charge in [0.25, 0.3) is 5.56 Å². The number of nitrogens with one attached hydrogen (secondary N) is 1. The molecule has 3 aromatic rings. The summed E-state index contributed by atoms with van der Waals surface area (Å²) in [5.74, 6) is -0.442. The number of hydrogen-bond acceptors (Lipinski definition) is 6. The quantitative estimate of drug-likeness (QED) is 0.300. The molecule has 178 valence electrons. The highest BCUT2D eigenvalue weighted by molar-refractivity contribution is 7.99. The van der Waals surface area contributed by atoms with E-state index in [4.69, 9.17) is 4.74 Å². The van der Waals surface area contributed by atoms with Crippen LogP contribution in [0.4, 0.5) is 0 Å². The maximum atomic E-state index is 13.0. The summed E-state index contributed by atoms with van der Waals surface area (Å²) in [5.41, 5.74) is 4.22. The van der Waals surface area contributed by atoms with E-state index in [9.17, 15) is 14.4 Å². The summed E-state index contributed by atoms with van der Waals surface area (Å²) in [6.07, 6.45) is 4.72. The second-order valence-corrected chi connectivity index (χ2v) is 9.45. The highest BCUT2D eigenvalue weighted by atomic mass is 32.2. The van der Waals surface area contributed by atoms with Gasteiger partial charge in [-0.2, -0.15) is 0 Å². The summed E-state index contributed by atoms with van der Waals surface area (Å²) >= 11 is 1.19. The molecule has 1 aliphatic carbocycles. The minimum absolute atomic E-state index is 0.0472. The molecule has 0 spiro atoms. The molecule has 8 heteroatoms. The number of amides is 1. The summed E-state index contributed by atoms with van der Waals surface area (Å²) in [7, 11) is 1.31. The Bertz CT molecular complexity index is 1270. The number of fused-ring (bicyclic) bond motifs is 2. The summed E-state index contributed by atoms with van der Waals surface area (Å²) in [6, 6.07) is 13.4. The minimum Gasteiger partial charge on any atom is -0.469 e. The van der Waals surface area contributed by atoms with Crippen molar-refractivity contribution in [1.82, 2.24) is 14.9 Å². The number of esters is 1. The summed E-state index contributed by atoms with van der Waals surface area (Å²) in [4.78, 5) is 42.0. The minimum atomic E-state index is -0.410. The first kappa shape index (κ1) is 24.0. The lowest BCUT2D eigenvalue weighted by atomic mass is 9.89. The molecule has 7 nitrogen and oxygen atoms in total. The average molecular weight is 480 g/mol. The second-order valence-electron chi connectivity index (χ2n) is 8.51. The first-order chi connectivity index (χ1) is 16.5. The van der Waals surface area contributed by atoms with Crippen LogP contribution in [0.5, 0.6) is 0 Å². The smallest absolute Gasteiger partial charge is 0.307 e. The zero-order chi connectivity index (χ0) is 24.1. The third-order valence-electron chi connectivity index (χ3n) is 6.18. The SMILES string of the molecule is COC(=O)CCn1c(SCC(=O)NC(C)c2ccc3c(c2)CCCC3)nc2ccccc2c1=O. The fourth-order valence-electron chi connectivity index (χ4n) is 4.28. The number of methoxy groups -OCH3 is 1. The Hall–Kier alpha value is -3.13. The second kappa shape index (κ2) is 10.9. The van der Waals surface area contributed by atoms with Crippen LogP contribution in [0.1, 0.15) is 48.9 Å². The van der Waals surface area contributed by atoms with E-state index in [0.29, 0.717) is 16.1 Å². The van der Waals surface area contributed by atoms with Crippen molar-refractivity contribution in [2.24, 2.45) is 0 Å². The Morgan fingerprint density at radius 1 is 1.15 bits per heavy atom. The molecule has 0 radical (unpaired) electrons. The highest BCUT2D eigenvalue weighted by Crippen LogP contribution is 2.25. The number of carbonyl (C=O) groups excluding carboxylic acids is 2. The van der Waals surface area contributed by atoms with E-state index >= 15 is 0 Å². The fourth-order valence-corrected chi connectivity index (χ4v) is 5.12. The van der Waals surface area contributed by atoms with Crippen LogP contribution in [0.15, 0.2) is 52.4 Å². The molecule has 1 atom stereocenters. The van der Waals surface area contributed by atoms with Crippen LogP contribution in [0.25, 0.3) is 10.9 Å². The molecular formula is C26H29N3O4S. The lowest BCUT2D eigenvalue weighted by Crippen LogP contribution is -2.29. The Labute approximate surface area is 202 Å². The zero-order valence-electron chi connectivity index (χ0n) is 19.5. The number of thioether (sulfide) groups is 1. The lowest BCUT2D eigenvalue weighted by molar-refractivity contribution is -0.140. The summed E-state index contributed by atoms with van der Waals surface area (Å²) in [6.45, 7) is 2.12. The summed E-state index contributed by atoms with van der Waals surface area (Å²) < 4.78 is 6.16. The predicted octanol–water partition coefficient (Wildman–Crippen LogP) is 3.81. The van der Waals surface area contributed by atoms with Gasteiger partial charge in [-0.3, -0.25) is 19.0 Å². The number of aromatic nitrogens is 2. The molecule has 0 saturated heterocycles. The normalized spacial score (nSPS) is 13.8. The molecule has 34 heavy (non-hydrogen) atoms. The largest absolute Gasteiger partial charge is 0.469 e. The van der Waals surface area contributed by atoms with Gasteiger partial charge in [-0.15, -0.1) is 0 Å². The van der Waals surface area contributed by atoms with Crippen molar-refractivity contribution >= 4 is 34.5 Å². The van der Waals surface area contributed by atoms with Gasteiger partial charge in [-0.05, 0) is 61.4 Å². The van der Waals surface area contributed by atoms with E-state index in [0.717, 1.165) is 18.4 Å². The average Bonchev–Trinajstić information content (AvgIpc) is 2.86. The van der Waals surface area contributed by atoms with E-state index in [2.05, 4.69) is 28.5 Å². The van der Waals surface area contributed by atoms with Crippen LogP contribution in [0, 0.1) is 0 Å². The molecule has 1 aliphatic rings. The Morgan fingerprint density at radius 3 is 2.71 bits per heavy atom. The van der Waals surface area contributed by atoms with Crippen LogP contribution in [0.3, 0.4) is 0 Å². The zero-order valence-corrected chi connectivity index (χ0v) is 20.3. The van der Waals surface area contributed by atoms with Crippen LogP contribution >= 0.6 is 11.8 Å². The monoisotopic (exact) mass is 479 g/mol. The molecule has 0 bridgehead atoms. The number of hydrogen-bond donors (Lipinski definition) is 1. The van der Waals surface area contributed by atoms with Crippen molar-refractivity contribution in [2.45, 2.75) is 56.8 Å². The molecule has 2 aromatic carbocycles. The molecule has 1 heterocycles. The molecule has 1 N–H and O–H groups in total. The molecule has 1 aromatic heterocycles. The van der Waals surface area contributed by atoms with E-state index in [1.807, 2.05) is 13.0 Å². The predicted molar refractivity (Wildman–Crippen MR) is 133 cm³/mol. The van der Waals surface area contributed by atoms with E-state index in [-0.39, 0.29) is 36.2 Å². The van der Waals surface area contributed by atoms with Gasteiger partial charge >= 0.3 is 5.97 Å². The van der Waals surface area contributed by atoms with E-state index in [1.165, 1.54) is 47.4 Å². The first-order valence-electron chi connectivity index (χ1n) is 11.6. The van der Waals surface area contributed by atoms with Gasteiger partial charge in [0.05, 0.1) is 36.2 Å². The number of carbonyl (C=O) groups is 2. The van der Waals surface area contributed by atoms with Gasteiger partial charge < -0.3 is 10.1 Å². The maximum absolute atomic E-state index is 13.0. The molecule has 0 aliphatic heterocycles. The number of ether oxygens (including phenoxy) is 1. The van der Waals surface area contributed by atoms with Crippen LogP contribution < -0.4 is 10.9 Å². The van der Waals surface area contributed by atoms with Crippen molar-refractivity contribution in [3.8, 4) is 0 Å². The standard InChI is InChI=1S/C26H29N3O4S/c1-17(19-12-11-18-7-3-4-8-20(18)15-19)27-23(30)16-34-26-28-22-10-6-5-9-21(22)25(32)29(26)14-13-24(31)33-2/h5-6,9-12,15,17H,3-4,7-8,13-14,16H2,1-2H3,(H,27,30). The number of nitrogens with zero attached hydrogens (tertiary/aromatic N) is 2. The van der Waals surface area contributed by atoms with Crippen LogP contribution in [-0.2, 0) is 33.7 Å². The molecule has 4 rings (SSSR count). The fraction of sp³-hybridized carbons (Fsp3) is 0.385. The maximum Gasteiger partial charge on any atom is 0.307 e. The van der Waals surface area contributed by atoms with Crippen molar-refractivity contribution < 1.29 is 14.3 Å². The number of rotatable bonds is 8. The van der Waals surface area contributed by atoms with Gasteiger partial charge in [0.2, 0.25) is 5.91 Å². The van der Waals surface area contributed by atoms with Gasteiger partial charge in [-0.25, -0.2) is 4.98 Å². The Balaban J connectivity index is 1.47. The van der Waals surface area contributed by atoms with Crippen molar-refractivity contribution in [3.05, 3.63) is 69.5 Å². The van der Waals surface area contributed by atoms with Gasteiger partial charge in [-0.1, -0.05) is 42.1 Å². The first-order valence-corrected chi connectivity index (χ1v) is 12.5. The topological polar surface area (TPSA) is 90.3 Å². The van der Waals surface area contributed by atoms with E-state index in [1.54, 1.807) is 18.2 Å². The summed E-state index contributed by atoms with van der Waals surface area (Å²) in [5, 5.41) is 3.94. The lowest BCUT2D eigenvalue weighted by Gasteiger charge is -2.20. The third-order valence-corrected chi connectivity index (χ3v) is 7.15. The van der Waals surface area contributed by atoms with Crippen molar-refractivity contribution in [2.75, 3.05) is 12.9 Å². The number of benzene rings is 2. The van der Waals surface area contributed by atoms with Crippen molar-refractivity contribution in [1.29, 1.82) is 0 Å². The molecular weight excluding hydrogens is 450 g/mol. The molecule has 0 saturated carbocycles. The van der Waals surface area contributed by atoms with Crippen LogP contribution in [0.2, 0.25) is 0 Å². The van der Waals surface area contributed by atoms with Gasteiger partial charge in [0.15, 0.2) is 5.16 Å². The van der Waals surface area contributed by atoms with Gasteiger partial charge in [0, 0.05) is 6.54 Å². The van der Waals surface area contributed by atoms with E-state index < -0.39 is 5.97 Å². The van der Waals surface area contributed by atoms with Crippen molar-refractivity contribution in [3.63, 3.8) is 0 Å². The third kappa shape index (κ3) is 5.50. The Morgan fingerprint density at radius 2 is 1.91 bits per heavy atom.